The lowest BCUT2D eigenvalue weighted by molar-refractivity contribution is 0.906. The minimum absolute atomic E-state index is 0.759. The summed E-state index contributed by atoms with van der Waals surface area (Å²) < 4.78 is 0. The molecule has 0 fully saturated rings. The lowest BCUT2D eigenvalue weighted by Gasteiger charge is -2.08. The Balaban J connectivity index is 2.50. The summed E-state index contributed by atoms with van der Waals surface area (Å²) in [6.45, 7) is 2.95. The van der Waals surface area contributed by atoms with Gasteiger partial charge in [0.05, 0.1) is 0 Å². The molecule has 0 heterocycles. The molecular formula is C12H14ClN. The van der Waals surface area contributed by atoms with Gasteiger partial charge in [0, 0.05) is 23.7 Å². The zero-order valence-corrected chi connectivity index (χ0v) is 9.06. The highest BCUT2D eigenvalue weighted by Crippen LogP contribution is 2.19. The number of anilines is 1. The van der Waals surface area contributed by atoms with Crippen LogP contribution >= 0.6 is 11.6 Å². The van der Waals surface area contributed by atoms with E-state index in [0.29, 0.717) is 0 Å². The van der Waals surface area contributed by atoms with Crippen LogP contribution in [0.25, 0.3) is 0 Å². The van der Waals surface area contributed by atoms with Gasteiger partial charge in [0.1, 0.15) is 0 Å². The third kappa shape index (κ3) is 3.32. The summed E-state index contributed by atoms with van der Waals surface area (Å²) in [7, 11) is 0. The van der Waals surface area contributed by atoms with E-state index in [1.165, 1.54) is 5.56 Å². The van der Waals surface area contributed by atoms with Gasteiger partial charge < -0.3 is 5.32 Å². The summed E-state index contributed by atoms with van der Waals surface area (Å²) >= 11 is 5.88. The third-order valence-corrected chi connectivity index (χ3v) is 2.25. The molecule has 0 radical (unpaired) electrons. The normalized spacial score (nSPS) is 9.50. The van der Waals surface area contributed by atoms with Crippen molar-refractivity contribution < 1.29 is 0 Å². The van der Waals surface area contributed by atoms with Gasteiger partial charge in [0.2, 0.25) is 0 Å². The van der Waals surface area contributed by atoms with Crippen LogP contribution in [-0.2, 0) is 0 Å². The van der Waals surface area contributed by atoms with E-state index in [-0.39, 0.29) is 0 Å². The molecule has 0 aliphatic rings. The first kappa shape index (κ1) is 10.9. The largest absolute Gasteiger partial charge is 0.385 e. The van der Waals surface area contributed by atoms with Gasteiger partial charge in [0.15, 0.2) is 0 Å². The molecule has 1 aromatic rings. The molecule has 0 amide bonds. The van der Waals surface area contributed by atoms with Crippen LogP contribution in [0.2, 0.25) is 5.02 Å². The predicted octanol–water partition coefficient (Wildman–Crippen LogP) is 3.47. The van der Waals surface area contributed by atoms with Crippen molar-refractivity contribution in [1.29, 1.82) is 0 Å². The Labute approximate surface area is 90.5 Å². The average molecular weight is 208 g/mol. The SMILES string of the molecule is C#CCCCNc1cc(Cl)ccc1C. The molecule has 0 aromatic heterocycles. The molecule has 0 unspecified atom stereocenters. The van der Waals surface area contributed by atoms with E-state index >= 15 is 0 Å². The van der Waals surface area contributed by atoms with Gasteiger partial charge in [-0.1, -0.05) is 17.7 Å². The fourth-order valence-corrected chi connectivity index (χ4v) is 1.37. The monoisotopic (exact) mass is 207 g/mol. The van der Waals surface area contributed by atoms with Crippen molar-refractivity contribution in [2.75, 3.05) is 11.9 Å². The second-order valence-corrected chi connectivity index (χ2v) is 3.63. The zero-order valence-electron chi connectivity index (χ0n) is 8.31. The molecule has 1 rings (SSSR count). The van der Waals surface area contributed by atoms with E-state index in [2.05, 4.69) is 18.2 Å². The molecule has 0 saturated carbocycles. The van der Waals surface area contributed by atoms with Crippen molar-refractivity contribution in [3.05, 3.63) is 28.8 Å². The Hall–Kier alpha value is -1.13. The molecule has 0 saturated heterocycles. The van der Waals surface area contributed by atoms with Crippen LogP contribution < -0.4 is 5.32 Å². The molecule has 0 spiro atoms. The number of aryl methyl sites for hydroxylation is 1. The van der Waals surface area contributed by atoms with Crippen LogP contribution in [-0.4, -0.2) is 6.54 Å². The van der Waals surface area contributed by atoms with Gasteiger partial charge in [0.25, 0.3) is 0 Å². The Morgan fingerprint density at radius 2 is 2.29 bits per heavy atom. The molecule has 1 nitrogen and oxygen atoms in total. The van der Waals surface area contributed by atoms with E-state index < -0.39 is 0 Å². The molecule has 1 N–H and O–H groups in total. The fourth-order valence-electron chi connectivity index (χ4n) is 1.20. The summed E-state index contributed by atoms with van der Waals surface area (Å²) in [5.74, 6) is 2.61. The Bertz CT molecular complexity index is 339. The smallest absolute Gasteiger partial charge is 0.0426 e. The van der Waals surface area contributed by atoms with E-state index in [4.69, 9.17) is 18.0 Å². The van der Waals surface area contributed by atoms with Gasteiger partial charge in [-0.15, -0.1) is 12.3 Å². The molecule has 14 heavy (non-hydrogen) atoms. The minimum atomic E-state index is 0.759. The molecule has 74 valence electrons. The number of nitrogens with one attached hydrogen (secondary N) is 1. The zero-order chi connectivity index (χ0) is 10.4. The lowest BCUT2D eigenvalue weighted by Crippen LogP contribution is -2.02. The maximum Gasteiger partial charge on any atom is 0.0426 e. The van der Waals surface area contributed by atoms with E-state index in [0.717, 1.165) is 30.1 Å². The minimum Gasteiger partial charge on any atom is -0.385 e. The van der Waals surface area contributed by atoms with Crippen LogP contribution in [0.1, 0.15) is 18.4 Å². The van der Waals surface area contributed by atoms with Gasteiger partial charge in [-0.05, 0) is 31.0 Å². The van der Waals surface area contributed by atoms with E-state index in [1.807, 2.05) is 18.2 Å². The fraction of sp³-hybridized carbons (Fsp3) is 0.333. The number of unbranched alkanes of at least 4 members (excludes halogenated alkanes) is 1. The highest BCUT2D eigenvalue weighted by molar-refractivity contribution is 6.30. The second-order valence-electron chi connectivity index (χ2n) is 3.19. The summed E-state index contributed by atoms with van der Waals surface area (Å²) in [5.41, 5.74) is 2.30. The highest BCUT2D eigenvalue weighted by Gasteiger charge is 1.97. The van der Waals surface area contributed by atoms with Crippen LogP contribution in [0.5, 0.6) is 0 Å². The van der Waals surface area contributed by atoms with Crippen LogP contribution in [0.4, 0.5) is 5.69 Å². The van der Waals surface area contributed by atoms with Crippen molar-refractivity contribution in [1.82, 2.24) is 0 Å². The molecule has 0 atom stereocenters. The van der Waals surface area contributed by atoms with Gasteiger partial charge in [-0.25, -0.2) is 0 Å². The Kier molecular flexibility index (Phi) is 4.35. The number of hydrogen-bond donors (Lipinski definition) is 1. The number of benzene rings is 1. The average Bonchev–Trinajstić information content (AvgIpc) is 2.18. The molecule has 0 aliphatic carbocycles. The van der Waals surface area contributed by atoms with Gasteiger partial charge in [-0.2, -0.15) is 0 Å². The van der Waals surface area contributed by atoms with Gasteiger partial charge in [-0.3, -0.25) is 0 Å². The van der Waals surface area contributed by atoms with Crippen LogP contribution in [0.3, 0.4) is 0 Å². The summed E-state index contributed by atoms with van der Waals surface area (Å²) in [4.78, 5) is 0. The lowest BCUT2D eigenvalue weighted by atomic mass is 10.2. The molecule has 2 heteroatoms. The molecule has 0 aliphatic heterocycles. The van der Waals surface area contributed by atoms with E-state index in [1.54, 1.807) is 0 Å². The summed E-state index contributed by atoms with van der Waals surface area (Å²) in [6.07, 6.45) is 6.96. The standard InChI is InChI=1S/C12H14ClN/c1-3-4-5-8-14-12-9-11(13)7-6-10(12)2/h1,6-7,9,14H,4-5,8H2,2H3. The number of hydrogen-bond acceptors (Lipinski definition) is 1. The van der Waals surface area contributed by atoms with Crippen molar-refractivity contribution in [3.63, 3.8) is 0 Å². The third-order valence-electron chi connectivity index (χ3n) is 2.01. The molecular weight excluding hydrogens is 194 g/mol. The maximum absolute atomic E-state index is 5.88. The topological polar surface area (TPSA) is 12.0 Å². The van der Waals surface area contributed by atoms with Crippen LogP contribution in [0.15, 0.2) is 18.2 Å². The Morgan fingerprint density at radius 3 is 3.00 bits per heavy atom. The first-order chi connectivity index (χ1) is 6.74. The highest BCUT2D eigenvalue weighted by atomic mass is 35.5. The van der Waals surface area contributed by atoms with Gasteiger partial charge >= 0.3 is 0 Å². The second kappa shape index (κ2) is 5.57. The van der Waals surface area contributed by atoms with Crippen molar-refractivity contribution >= 4 is 17.3 Å². The summed E-state index contributed by atoms with van der Waals surface area (Å²) in [6, 6.07) is 5.84. The molecule has 1 aromatic carbocycles. The maximum atomic E-state index is 5.88. The molecule has 0 bridgehead atoms. The van der Waals surface area contributed by atoms with Crippen molar-refractivity contribution in [3.8, 4) is 12.3 Å². The first-order valence-electron chi connectivity index (χ1n) is 4.67. The van der Waals surface area contributed by atoms with E-state index in [9.17, 15) is 0 Å². The Morgan fingerprint density at radius 1 is 1.50 bits per heavy atom. The number of terminal acetylenes is 1. The number of halogens is 1. The predicted molar refractivity (Wildman–Crippen MR) is 62.7 cm³/mol. The summed E-state index contributed by atoms with van der Waals surface area (Å²) in [5, 5.41) is 4.07. The van der Waals surface area contributed by atoms with Crippen molar-refractivity contribution in [2.45, 2.75) is 19.8 Å². The first-order valence-corrected chi connectivity index (χ1v) is 5.05. The number of rotatable bonds is 4. The quantitative estimate of drug-likeness (QED) is 0.589. The van der Waals surface area contributed by atoms with Crippen LogP contribution in [0, 0.1) is 19.3 Å². The van der Waals surface area contributed by atoms with Crippen molar-refractivity contribution in [2.24, 2.45) is 0 Å².